The van der Waals surface area contributed by atoms with Gasteiger partial charge in [-0.1, -0.05) is 5.92 Å². The van der Waals surface area contributed by atoms with E-state index in [1.54, 1.807) is 0 Å². The minimum Gasteiger partial charge on any atom is -0.668 e. The van der Waals surface area contributed by atoms with Gasteiger partial charge in [-0.15, -0.1) is 6.42 Å². The van der Waals surface area contributed by atoms with Gasteiger partial charge in [-0.25, -0.2) is 0 Å². The first kappa shape index (κ1) is 27.6. The number of hydrogen-bond acceptors (Lipinski definition) is 7. The van der Waals surface area contributed by atoms with Crippen molar-refractivity contribution in [3.63, 3.8) is 0 Å². The van der Waals surface area contributed by atoms with E-state index in [-0.39, 0.29) is 64.4 Å². The molecule has 0 radical (unpaired) electrons. The second-order valence-electron chi connectivity index (χ2n) is 4.49. The number of ether oxygens (including phenoxy) is 6. The summed E-state index contributed by atoms with van der Waals surface area (Å²) < 4.78 is 31.4. The average Bonchev–Trinajstić information content (AvgIpc) is 2.56. The molecule has 8 nitrogen and oxygen atoms in total. The van der Waals surface area contributed by atoms with Gasteiger partial charge in [0.05, 0.1) is 78.6 Å². The number of terminal acetylenes is 1. The number of nitrogens with one attached hydrogen (secondary N) is 1. The maximum absolute atomic E-state index is 10.3. The van der Waals surface area contributed by atoms with Crippen molar-refractivity contribution in [3.8, 4) is 12.3 Å². The van der Waals surface area contributed by atoms with E-state index in [0.29, 0.717) is 72.7 Å². The molecule has 1 amide bonds. The van der Waals surface area contributed by atoms with E-state index in [0.717, 1.165) is 0 Å². The molecule has 0 heterocycles. The van der Waals surface area contributed by atoms with Gasteiger partial charge < -0.3 is 38.9 Å². The zero-order valence-corrected chi connectivity index (χ0v) is 18.3. The Bertz CT molecular complexity index is 326. The predicted molar refractivity (Wildman–Crippen MR) is 87.7 cm³/mol. The summed E-state index contributed by atoms with van der Waals surface area (Å²) in [5.41, 5.74) is 6.69. The molecule has 0 unspecified atom stereocenters. The van der Waals surface area contributed by atoms with Crippen LogP contribution >= 0.6 is 0 Å². The summed E-state index contributed by atoms with van der Waals surface area (Å²) in [4.78, 5) is 10.3. The first-order valence-electron chi connectivity index (χ1n) is 7.91. The number of carbonyl (C=O) groups is 1. The van der Waals surface area contributed by atoms with Crippen LogP contribution in [-0.4, -0.2) is 85.2 Å². The minimum absolute atomic E-state index is 0. The first-order chi connectivity index (χ1) is 11.8. The van der Waals surface area contributed by atoms with Crippen LogP contribution in [0.15, 0.2) is 0 Å². The maximum atomic E-state index is 10.3. The quantitative estimate of drug-likeness (QED) is 0.140. The summed E-state index contributed by atoms with van der Waals surface area (Å²) in [6, 6.07) is 0. The van der Waals surface area contributed by atoms with Gasteiger partial charge in [-0.05, 0) is 0 Å². The average molecular weight is 385 g/mol. The molecule has 0 aliphatic rings. The zero-order chi connectivity index (χ0) is 17.7. The standard InChI is InChI=1S/C16H29NO7.K/c1-2-4-19-6-8-21-10-12-23-14-15-24-13-11-22-9-7-20-5-3-16(17)18;/h1H,3-15H2,(H2,17,18);/q;+1/p-1. The second kappa shape index (κ2) is 24.4. The van der Waals surface area contributed by atoms with E-state index in [4.69, 9.17) is 40.6 Å². The van der Waals surface area contributed by atoms with E-state index in [1.165, 1.54) is 0 Å². The Balaban J connectivity index is 0. The normalized spacial score (nSPS) is 10.2. The Kier molecular flexibility index (Phi) is 27.0. The van der Waals surface area contributed by atoms with Gasteiger partial charge in [0.25, 0.3) is 0 Å². The molecule has 0 rings (SSSR count). The van der Waals surface area contributed by atoms with E-state index >= 15 is 0 Å². The summed E-state index contributed by atoms with van der Waals surface area (Å²) >= 11 is 0. The third-order valence-corrected chi connectivity index (χ3v) is 2.52. The zero-order valence-electron chi connectivity index (χ0n) is 15.1. The Morgan fingerprint density at radius 3 is 1.32 bits per heavy atom. The molecule has 0 spiro atoms. The topological polar surface area (TPSA) is 96.2 Å². The van der Waals surface area contributed by atoms with Crippen LogP contribution in [-0.2, 0) is 33.2 Å². The van der Waals surface area contributed by atoms with E-state index < -0.39 is 5.91 Å². The van der Waals surface area contributed by atoms with Crippen molar-refractivity contribution in [1.29, 1.82) is 0 Å². The molecule has 0 aromatic heterocycles. The smallest absolute Gasteiger partial charge is 0.668 e. The molecule has 9 heteroatoms. The second-order valence-corrected chi connectivity index (χ2v) is 4.49. The molecule has 0 aliphatic heterocycles. The molecule has 1 N–H and O–H groups in total. The molecular formula is C16H28KNO7. The van der Waals surface area contributed by atoms with Gasteiger partial charge in [-0.3, -0.25) is 0 Å². The SMILES string of the molecule is C#CCOCCOCCOCCOCCOCCOCCC([NH-])=O.[K+]. The maximum Gasteiger partial charge on any atom is 1.00 e. The molecule has 0 bridgehead atoms. The number of carbonyl (C=O) groups excluding carboxylic acids is 1. The molecule has 0 aromatic carbocycles. The van der Waals surface area contributed by atoms with Crippen molar-refractivity contribution in [3.05, 3.63) is 5.73 Å². The van der Waals surface area contributed by atoms with E-state index in [9.17, 15) is 4.79 Å². The van der Waals surface area contributed by atoms with Crippen LogP contribution in [0.2, 0.25) is 0 Å². The number of amides is 1. The first-order valence-corrected chi connectivity index (χ1v) is 7.91. The van der Waals surface area contributed by atoms with Gasteiger partial charge in [0.2, 0.25) is 0 Å². The molecule has 25 heavy (non-hydrogen) atoms. The van der Waals surface area contributed by atoms with Crippen LogP contribution in [0, 0.1) is 12.3 Å². The van der Waals surface area contributed by atoms with Crippen molar-refractivity contribution in [2.45, 2.75) is 6.42 Å². The molecule has 0 aromatic rings. The molecule has 0 aliphatic carbocycles. The summed E-state index contributed by atoms with van der Waals surface area (Å²) in [5, 5.41) is 0. The van der Waals surface area contributed by atoms with Gasteiger partial charge in [-0.2, -0.15) is 0 Å². The largest absolute Gasteiger partial charge is 1.00 e. The fourth-order valence-corrected chi connectivity index (χ4v) is 1.40. The van der Waals surface area contributed by atoms with Crippen LogP contribution in [0.5, 0.6) is 0 Å². The van der Waals surface area contributed by atoms with E-state index in [1.807, 2.05) is 0 Å². The monoisotopic (exact) mass is 385 g/mol. The molecular weight excluding hydrogens is 357 g/mol. The molecule has 0 saturated carbocycles. The van der Waals surface area contributed by atoms with E-state index in [2.05, 4.69) is 5.92 Å². The van der Waals surface area contributed by atoms with Crippen LogP contribution in [0.1, 0.15) is 6.42 Å². The summed E-state index contributed by atoms with van der Waals surface area (Å²) in [7, 11) is 0. The van der Waals surface area contributed by atoms with Crippen LogP contribution in [0.3, 0.4) is 0 Å². The number of hydrogen-bond donors (Lipinski definition) is 0. The summed E-state index contributed by atoms with van der Waals surface area (Å²) in [6.07, 6.45) is 5.15. The van der Waals surface area contributed by atoms with Crippen LogP contribution < -0.4 is 51.4 Å². The van der Waals surface area contributed by atoms with Gasteiger partial charge in [0.1, 0.15) is 6.61 Å². The Morgan fingerprint density at radius 1 is 0.680 bits per heavy atom. The van der Waals surface area contributed by atoms with Gasteiger partial charge in [0, 0.05) is 6.42 Å². The summed E-state index contributed by atoms with van der Waals surface area (Å²) in [6.45, 7) is 5.38. The molecule has 140 valence electrons. The third kappa shape index (κ3) is 26.8. The third-order valence-electron chi connectivity index (χ3n) is 2.52. The molecule has 0 atom stereocenters. The van der Waals surface area contributed by atoms with Crippen molar-refractivity contribution < 1.29 is 84.6 Å². The molecule has 0 fully saturated rings. The summed E-state index contributed by atoms with van der Waals surface area (Å²) in [5.74, 6) is 1.76. The molecule has 0 saturated heterocycles. The Labute approximate surface area is 192 Å². The Morgan fingerprint density at radius 2 is 1.00 bits per heavy atom. The van der Waals surface area contributed by atoms with Crippen molar-refractivity contribution in [2.75, 3.05) is 79.3 Å². The van der Waals surface area contributed by atoms with Crippen LogP contribution in [0.4, 0.5) is 0 Å². The predicted octanol–water partition coefficient (Wildman–Crippen LogP) is -2.31. The van der Waals surface area contributed by atoms with Gasteiger partial charge in [0.15, 0.2) is 0 Å². The minimum atomic E-state index is -0.618. The Hall–Kier alpha value is 0.426. The fourth-order valence-electron chi connectivity index (χ4n) is 1.40. The van der Waals surface area contributed by atoms with Gasteiger partial charge >= 0.3 is 51.4 Å². The van der Waals surface area contributed by atoms with Crippen molar-refractivity contribution in [2.24, 2.45) is 0 Å². The van der Waals surface area contributed by atoms with Crippen molar-refractivity contribution >= 4 is 5.91 Å². The number of rotatable bonds is 19. The fraction of sp³-hybridized carbons (Fsp3) is 0.812. The van der Waals surface area contributed by atoms with Crippen molar-refractivity contribution in [1.82, 2.24) is 0 Å². The van der Waals surface area contributed by atoms with Crippen LogP contribution in [0.25, 0.3) is 5.73 Å².